The Morgan fingerprint density at radius 1 is 1.58 bits per heavy atom. The van der Waals surface area contributed by atoms with Crippen LogP contribution in [0.5, 0.6) is 0 Å². The molecule has 1 atom stereocenters. The number of aromatic nitrogens is 1. The van der Waals surface area contributed by atoms with Gasteiger partial charge in [-0.05, 0) is 18.8 Å². The summed E-state index contributed by atoms with van der Waals surface area (Å²) in [6, 6.07) is 1.18. The summed E-state index contributed by atoms with van der Waals surface area (Å²) >= 11 is 0. The first-order valence-corrected chi connectivity index (χ1v) is 6.45. The van der Waals surface area contributed by atoms with Crippen molar-refractivity contribution >= 4 is 11.6 Å². The third-order valence-electron chi connectivity index (χ3n) is 3.66. The molecule has 1 unspecified atom stereocenters. The van der Waals surface area contributed by atoms with E-state index in [4.69, 9.17) is 5.73 Å². The molecule has 2 rings (SSSR count). The summed E-state index contributed by atoms with van der Waals surface area (Å²) in [5.41, 5.74) is 5.78. The molecule has 7 heteroatoms. The summed E-state index contributed by atoms with van der Waals surface area (Å²) in [7, 11) is 0. The molecule has 1 aliphatic rings. The van der Waals surface area contributed by atoms with Crippen molar-refractivity contribution in [2.24, 2.45) is 11.7 Å². The fraction of sp³-hybridized carbons (Fsp3) is 0.583. The lowest BCUT2D eigenvalue weighted by Crippen LogP contribution is -2.44. The molecule has 1 amide bonds. The number of nitrogens with two attached hydrogens (primary N) is 1. The van der Waals surface area contributed by atoms with E-state index in [1.807, 2.05) is 0 Å². The van der Waals surface area contributed by atoms with Gasteiger partial charge in [0.1, 0.15) is 5.69 Å². The van der Waals surface area contributed by atoms with Gasteiger partial charge in [-0.25, -0.2) is 0 Å². The highest BCUT2D eigenvalue weighted by Crippen LogP contribution is 2.27. The minimum Gasteiger partial charge on any atom is -0.351 e. The summed E-state index contributed by atoms with van der Waals surface area (Å²) in [5.74, 6) is 0.0781. The number of carbonyl (C=O) groups excluding carboxylic acids is 1. The molecular formula is C12H18N4O3. The Morgan fingerprint density at radius 3 is 2.79 bits per heavy atom. The third kappa shape index (κ3) is 3.11. The quantitative estimate of drug-likeness (QED) is 0.548. The van der Waals surface area contributed by atoms with Gasteiger partial charge in [0.15, 0.2) is 0 Å². The first kappa shape index (κ1) is 13.5. The zero-order valence-electron chi connectivity index (χ0n) is 10.6. The summed E-state index contributed by atoms with van der Waals surface area (Å²) in [4.78, 5) is 24.6. The maximum atomic E-state index is 12.0. The van der Waals surface area contributed by atoms with Gasteiger partial charge in [0.05, 0.1) is 11.1 Å². The topological polar surface area (TPSA) is 114 Å². The molecule has 0 aliphatic heterocycles. The van der Waals surface area contributed by atoms with E-state index in [-0.39, 0.29) is 23.3 Å². The number of nitro groups is 1. The van der Waals surface area contributed by atoms with Crippen LogP contribution in [0.2, 0.25) is 0 Å². The molecular weight excluding hydrogens is 248 g/mol. The average molecular weight is 266 g/mol. The maximum Gasteiger partial charge on any atom is 0.287 e. The van der Waals surface area contributed by atoms with Gasteiger partial charge in [0.2, 0.25) is 0 Å². The zero-order valence-corrected chi connectivity index (χ0v) is 10.6. The van der Waals surface area contributed by atoms with E-state index in [1.165, 1.54) is 25.1 Å². The van der Waals surface area contributed by atoms with Crippen LogP contribution in [-0.2, 0) is 0 Å². The lowest BCUT2D eigenvalue weighted by atomic mass is 9.98. The van der Waals surface area contributed by atoms with Gasteiger partial charge in [0.25, 0.3) is 11.6 Å². The van der Waals surface area contributed by atoms with Gasteiger partial charge >= 0.3 is 0 Å². The number of hydrogen-bond donors (Lipinski definition) is 3. The van der Waals surface area contributed by atoms with Crippen molar-refractivity contribution in [1.82, 2.24) is 10.3 Å². The van der Waals surface area contributed by atoms with E-state index < -0.39 is 4.92 Å². The lowest BCUT2D eigenvalue weighted by molar-refractivity contribution is -0.384. The molecule has 1 fully saturated rings. The van der Waals surface area contributed by atoms with Crippen LogP contribution in [0.15, 0.2) is 12.3 Å². The SMILES string of the molecule is NCC(NC(=O)c1cc([N+](=O)[O-])c[nH]1)C1CCCC1. The van der Waals surface area contributed by atoms with Crippen LogP contribution in [0.1, 0.15) is 36.2 Å². The van der Waals surface area contributed by atoms with Crippen LogP contribution >= 0.6 is 0 Å². The Morgan fingerprint density at radius 2 is 2.26 bits per heavy atom. The van der Waals surface area contributed by atoms with E-state index in [0.29, 0.717) is 12.5 Å². The van der Waals surface area contributed by atoms with Gasteiger partial charge in [-0.1, -0.05) is 12.8 Å². The number of amides is 1. The molecule has 104 valence electrons. The normalized spacial score (nSPS) is 17.3. The van der Waals surface area contributed by atoms with Gasteiger partial charge in [0, 0.05) is 18.7 Å². The van der Waals surface area contributed by atoms with Crippen molar-refractivity contribution in [1.29, 1.82) is 0 Å². The summed E-state index contributed by atoms with van der Waals surface area (Å²) in [5, 5.41) is 13.4. The van der Waals surface area contributed by atoms with Crippen molar-refractivity contribution in [2.75, 3.05) is 6.54 Å². The number of nitrogens with zero attached hydrogens (tertiary/aromatic N) is 1. The molecule has 0 saturated heterocycles. The number of carbonyl (C=O) groups is 1. The zero-order chi connectivity index (χ0) is 13.8. The third-order valence-corrected chi connectivity index (χ3v) is 3.66. The van der Waals surface area contributed by atoms with Crippen LogP contribution in [0.4, 0.5) is 5.69 Å². The molecule has 1 aliphatic carbocycles. The Bertz CT molecular complexity index is 465. The molecule has 0 radical (unpaired) electrons. The summed E-state index contributed by atoms with van der Waals surface area (Å²) < 4.78 is 0. The number of aromatic amines is 1. The molecule has 1 aromatic heterocycles. The second-order valence-corrected chi connectivity index (χ2v) is 4.89. The van der Waals surface area contributed by atoms with Gasteiger partial charge in [-0.3, -0.25) is 14.9 Å². The van der Waals surface area contributed by atoms with Crippen molar-refractivity contribution in [3.05, 3.63) is 28.1 Å². The van der Waals surface area contributed by atoms with Crippen LogP contribution < -0.4 is 11.1 Å². The van der Waals surface area contributed by atoms with Crippen molar-refractivity contribution in [3.63, 3.8) is 0 Å². The van der Waals surface area contributed by atoms with E-state index in [1.54, 1.807) is 0 Å². The van der Waals surface area contributed by atoms with Crippen LogP contribution in [0, 0.1) is 16.0 Å². The highest BCUT2D eigenvalue weighted by Gasteiger charge is 2.26. The van der Waals surface area contributed by atoms with Crippen molar-refractivity contribution < 1.29 is 9.72 Å². The van der Waals surface area contributed by atoms with E-state index >= 15 is 0 Å². The van der Waals surface area contributed by atoms with Gasteiger partial charge in [-0.2, -0.15) is 0 Å². The fourth-order valence-corrected chi connectivity index (χ4v) is 2.59. The van der Waals surface area contributed by atoms with Crippen LogP contribution in [-0.4, -0.2) is 28.4 Å². The largest absolute Gasteiger partial charge is 0.351 e. The molecule has 0 aromatic carbocycles. The monoisotopic (exact) mass is 266 g/mol. The molecule has 1 aromatic rings. The van der Waals surface area contributed by atoms with E-state index in [0.717, 1.165) is 12.8 Å². The Balaban J connectivity index is 2.00. The van der Waals surface area contributed by atoms with Crippen LogP contribution in [0.25, 0.3) is 0 Å². The molecule has 7 nitrogen and oxygen atoms in total. The summed E-state index contributed by atoms with van der Waals surface area (Å²) in [6.45, 7) is 0.388. The number of nitrogens with one attached hydrogen (secondary N) is 2. The molecule has 4 N–H and O–H groups in total. The Kier molecular flexibility index (Phi) is 4.16. The maximum absolute atomic E-state index is 12.0. The molecule has 19 heavy (non-hydrogen) atoms. The number of H-pyrrole nitrogens is 1. The standard InChI is InChI=1S/C12H18N4O3/c13-6-11(8-3-1-2-4-8)15-12(17)10-5-9(7-14-10)16(18)19/h5,7-8,11,14H,1-4,6,13H2,(H,15,17). The molecule has 0 bridgehead atoms. The smallest absolute Gasteiger partial charge is 0.287 e. The second-order valence-electron chi connectivity index (χ2n) is 4.89. The van der Waals surface area contributed by atoms with Gasteiger partial charge in [-0.15, -0.1) is 0 Å². The first-order valence-electron chi connectivity index (χ1n) is 6.45. The minimum absolute atomic E-state index is 0.0580. The average Bonchev–Trinajstić information content (AvgIpc) is 3.05. The second kappa shape index (κ2) is 5.83. The highest BCUT2D eigenvalue weighted by atomic mass is 16.6. The predicted molar refractivity (Wildman–Crippen MR) is 69.7 cm³/mol. The van der Waals surface area contributed by atoms with Crippen molar-refractivity contribution in [2.45, 2.75) is 31.7 Å². The highest BCUT2D eigenvalue weighted by molar-refractivity contribution is 5.93. The summed E-state index contributed by atoms with van der Waals surface area (Å²) in [6.07, 6.45) is 5.71. The number of rotatable bonds is 5. The lowest BCUT2D eigenvalue weighted by Gasteiger charge is -2.22. The van der Waals surface area contributed by atoms with Crippen LogP contribution in [0.3, 0.4) is 0 Å². The fourth-order valence-electron chi connectivity index (χ4n) is 2.59. The minimum atomic E-state index is -0.537. The van der Waals surface area contributed by atoms with Gasteiger partial charge < -0.3 is 16.0 Å². The molecule has 1 saturated carbocycles. The molecule has 0 spiro atoms. The predicted octanol–water partition coefficient (Wildman–Crippen LogP) is 1.17. The Labute approximate surface area is 110 Å². The molecule has 1 heterocycles. The van der Waals surface area contributed by atoms with Crippen molar-refractivity contribution in [3.8, 4) is 0 Å². The first-order chi connectivity index (χ1) is 9.11. The van der Waals surface area contributed by atoms with E-state index in [2.05, 4.69) is 10.3 Å². The van der Waals surface area contributed by atoms with E-state index in [9.17, 15) is 14.9 Å². The Hall–Kier alpha value is -1.89. The number of hydrogen-bond acceptors (Lipinski definition) is 4.